The number of fused-ring (bicyclic) bond motifs is 1. The predicted molar refractivity (Wildman–Crippen MR) is 83.7 cm³/mol. The molecule has 1 unspecified atom stereocenters. The average Bonchev–Trinajstić information content (AvgIpc) is 2.80. The molecule has 0 aliphatic rings. The van der Waals surface area contributed by atoms with Gasteiger partial charge >= 0.3 is 0 Å². The highest BCUT2D eigenvalue weighted by Crippen LogP contribution is 2.23. The Labute approximate surface area is 128 Å². The van der Waals surface area contributed by atoms with Gasteiger partial charge in [0, 0.05) is 35.4 Å². The molecule has 0 saturated heterocycles. The Morgan fingerprint density at radius 2 is 2.05 bits per heavy atom. The summed E-state index contributed by atoms with van der Waals surface area (Å²) >= 11 is 5.91. The summed E-state index contributed by atoms with van der Waals surface area (Å²) in [6.07, 6.45) is 3.58. The van der Waals surface area contributed by atoms with Gasteiger partial charge in [0.1, 0.15) is 5.15 Å². The number of pyridine rings is 1. The van der Waals surface area contributed by atoms with Gasteiger partial charge in [0.05, 0.1) is 11.7 Å². The van der Waals surface area contributed by atoms with Crippen LogP contribution in [0.3, 0.4) is 0 Å². The minimum atomic E-state index is 0.0878. The van der Waals surface area contributed by atoms with E-state index in [-0.39, 0.29) is 6.04 Å². The summed E-state index contributed by atoms with van der Waals surface area (Å²) < 4.78 is 1.88. The van der Waals surface area contributed by atoms with E-state index in [0.717, 1.165) is 28.3 Å². The quantitative estimate of drug-likeness (QED) is 0.751. The minimum Gasteiger partial charge on any atom is -0.378 e. The molecule has 0 spiro atoms. The largest absolute Gasteiger partial charge is 0.378 e. The molecule has 6 heteroatoms. The van der Waals surface area contributed by atoms with Crippen LogP contribution in [0.25, 0.3) is 5.65 Å². The van der Waals surface area contributed by atoms with Gasteiger partial charge in [0.2, 0.25) is 0 Å². The van der Waals surface area contributed by atoms with Crippen molar-refractivity contribution < 1.29 is 0 Å². The van der Waals surface area contributed by atoms with E-state index in [9.17, 15) is 0 Å². The molecule has 3 aromatic rings. The number of aromatic nitrogens is 4. The Hall–Kier alpha value is -2.14. The summed E-state index contributed by atoms with van der Waals surface area (Å²) in [6, 6.07) is 5.75. The topological polar surface area (TPSA) is 55.1 Å². The maximum Gasteiger partial charge on any atom is 0.155 e. The molecule has 0 radical (unpaired) electrons. The Morgan fingerprint density at radius 1 is 1.24 bits per heavy atom. The smallest absolute Gasteiger partial charge is 0.155 e. The van der Waals surface area contributed by atoms with Gasteiger partial charge in [-0.1, -0.05) is 11.6 Å². The zero-order valence-corrected chi connectivity index (χ0v) is 12.9. The van der Waals surface area contributed by atoms with Crippen LogP contribution >= 0.6 is 11.6 Å². The lowest BCUT2D eigenvalue weighted by atomic mass is 10.1. The SMILES string of the molecule is Cc1cc2ncc(C(C)Nc3ccnc(Cl)c3)c(C)n2n1. The molecule has 0 aliphatic heterocycles. The van der Waals surface area contributed by atoms with Gasteiger partial charge in [-0.15, -0.1) is 0 Å². The molecule has 0 amide bonds. The number of nitrogens with zero attached hydrogens (tertiary/aromatic N) is 4. The van der Waals surface area contributed by atoms with Gasteiger partial charge in [0.25, 0.3) is 0 Å². The Morgan fingerprint density at radius 3 is 2.81 bits per heavy atom. The van der Waals surface area contributed by atoms with Gasteiger partial charge in [-0.2, -0.15) is 5.10 Å². The number of halogens is 1. The molecule has 0 saturated carbocycles. The van der Waals surface area contributed by atoms with E-state index < -0.39 is 0 Å². The monoisotopic (exact) mass is 301 g/mol. The van der Waals surface area contributed by atoms with E-state index in [4.69, 9.17) is 11.6 Å². The molecule has 0 bridgehead atoms. The van der Waals surface area contributed by atoms with E-state index >= 15 is 0 Å². The molecule has 108 valence electrons. The van der Waals surface area contributed by atoms with Crippen molar-refractivity contribution in [3.63, 3.8) is 0 Å². The molecule has 0 fully saturated rings. The fraction of sp³-hybridized carbons (Fsp3) is 0.267. The minimum absolute atomic E-state index is 0.0878. The maximum atomic E-state index is 5.91. The molecule has 21 heavy (non-hydrogen) atoms. The molecule has 5 nitrogen and oxygen atoms in total. The first-order valence-corrected chi connectivity index (χ1v) is 7.12. The van der Waals surface area contributed by atoms with Crippen molar-refractivity contribution in [3.8, 4) is 0 Å². The highest BCUT2D eigenvalue weighted by atomic mass is 35.5. The first-order chi connectivity index (χ1) is 10.0. The van der Waals surface area contributed by atoms with Crippen LogP contribution in [0, 0.1) is 13.8 Å². The van der Waals surface area contributed by atoms with Crippen LogP contribution in [0.2, 0.25) is 5.15 Å². The van der Waals surface area contributed by atoms with Crippen LogP contribution in [0.1, 0.15) is 29.9 Å². The zero-order chi connectivity index (χ0) is 15.0. The van der Waals surface area contributed by atoms with Crippen LogP contribution in [0.15, 0.2) is 30.6 Å². The van der Waals surface area contributed by atoms with Crippen LogP contribution in [-0.2, 0) is 0 Å². The van der Waals surface area contributed by atoms with Crippen molar-refractivity contribution in [3.05, 3.63) is 52.7 Å². The van der Waals surface area contributed by atoms with Crippen molar-refractivity contribution in [1.29, 1.82) is 0 Å². The van der Waals surface area contributed by atoms with Gasteiger partial charge in [-0.05, 0) is 32.9 Å². The third-order valence-electron chi connectivity index (χ3n) is 3.46. The summed E-state index contributed by atoms with van der Waals surface area (Å²) in [5, 5.41) is 8.35. The number of hydrogen-bond donors (Lipinski definition) is 1. The van der Waals surface area contributed by atoms with Crippen molar-refractivity contribution in [2.24, 2.45) is 0 Å². The second-order valence-corrected chi connectivity index (χ2v) is 5.48. The molecule has 1 N–H and O–H groups in total. The number of hydrogen-bond acceptors (Lipinski definition) is 4. The fourth-order valence-electron chi connectivity index (χ4n) is 2.42. The molecule has 3 rings (SSSR count). The third kappa shape index (κ3) is 2.69. The summed E-state index contributed by atoms with van der Waals surface area (Å²) in [7, 11) is 0. The molecule has 0 aliphatic carbocycles. The Bertz CT molecular complexity index is 796. The van der Waals surface area contributed by atoms with Crippen molar-refractivity contribution in [2.45, 2.75) is 26.8 Å². The van der Waals surface area contributed by atoms with Crippen LogP contribution < -0.4 is 5.32 Å². The fourth-order valence-corrected chi connectivity index (χ4v) is 2.59. The van der Waals surface area contributed by atoms with Gasteiger partial charge in [-0.25, -0.2) is 14.5 Å². The van der Waals surface area contributed by atoms with Crippen molar-refractivity contribution in [1.82, 2.24) is 19.6 Å². The molecule has 3 heterocycles. The average molecular weight is 302 g/mol. The highest BCUT2D eigenvalue weighted by molar-refractivity contribution is 6.29. The van der Waals surface area contributed by atoms with Crippen LogP contribution in [-0.4, -0.2) is 19.6 Å². The van der Waals surface area contributed by atoms with E-state index in [1.807, 2.05) is 36.7 Å². The molecule has 1 atom stereocenters. The normalized spacial score (nSPS) is 12.6. The van der Waals surface area contributed by atoms with Crippen LogP contribution in [0.5, 0.6) is 0 Å². The summed E-state index contributed by atoms with van der Waals surface area (Å²) in [5.74, 6) is 0. The standard InChI is InChI=1S/C15H16ClN5/c1-9-6-15-18-8-13(11(3)21(15)20-9)10(2)19-12-4-5-17-14(16)7-12/h4-8,10H,1-3H3,(H,17,19). The van der Waals surface area contributed by atoms with E-state index in [0.29, 0.717) is 5.15 Å². The third-order valence-corrected chi connectivity index (χ3v) is 3.67. The van der Waals surface area contributed by atoms with Gasteiger partial charge in [0.15, 0.2) is 5.65 Å². The summed E-state index contributed by atoms with van der Waals surface area (Å²) in [6.45, 7) is 6.10. The number of rotatable bonds is 3. The second kappa shape index (κ2) is 5.33. The lowest BCUT2D eigenvalue weighted by Gasteiger charge is -2.17. The van der Waals surface area contributed by atoms with Gasteiger partial charge < -0.3 is 5.32 Å². The number of aryl methyl sites for hydroxylation is 2. The maximum absolute atomic E-state index is 5.91. The first kappa shape index (κ1) is 13.8. The second-order valence-electron chi connectivity index (χ2n) is 5.09. The molecular weight excluding hydrogens is 286 g/mol. The lowest BCUT2D eigenvalue weighted by molar-refractivity contribution is 0.798. The van der Waals surface area contributed by atoms with Gasteiger partial charge in [-0.3, -0.25) is 0 Å². The number of nitrogens with one attached hydrogen (secondary N) is 1. The van der Waals surface area contributed by atoms with Crippen molar-refractivity contribution in [2.75, 3.05) is 5.32 Å². The van der Waals surface area contributed by atoms with Crippen molar-refractivity contribution >= 4 is 22.9 Å². The lowest BCUT2D eigenvalue weighted by Crippen LogP contribution is -2.11. The first-order valence-electron chi connectivity index (χ1n) is 6.74. The van der Waals surface area contributed by atoms with E-state index in [1.165, 1.54) is 0 Å². The molecular formula is C15H16ClN5. The highest BCUT2D eigenvalue weighted by Gasteiger charge is 2.13. The van der Waals surface area contributed by atoms with E-state index in [2.05, 4.69) is 27.3 Å². The summed E-state index contributed by atoms with van der Waals surface area (Å²) in [5.41, 5.74) is 4.93. The predicted octanol–water partition coefficient (Wildman–Crippen LogP) is 3.57. The summed E-state index contributed by atoms with van der Waals surface area (Å²) in [4.78, 5) is 8.45. The van der Waals surface area contributed by atoms with Crippen LogP contribution in [0.4, 0.5) is 5.69 Å². The number of anilines is 1. The zero-order valence-electron chi connectivity index (χ0n) is 12.1. The molecule has 3 aromatic heterocycles. The van der Waals surface area contributed by atoms with E-state index in [1.54, 1.807) is 12.3 Å². The Balaban J connectivity index is 1.94. The Kier molecular flexibility index (Phi) is 3.51. The molecule has 0 aromatic carbocycles.